The van der Waals surface area contributed by atoms with E-state index in [1.807, 2.05) is 0 Å². The van der Waals surface area contributed by atoms with Gasteiger partial charge in [0.25, 0.3) is 0 Å². The molecule has 0 aliphatic heterocycles. The molecule has 0 aliphatic carbocycles. The first kappa shape index (κ1) is 12.3. The minimum Gasteiger partial charge on any atom is -0.469 e. The first-order valence-electron chi connectivity index (χ1n) is 4.24. The molecular formula is C10H10Cl2O3. The third kappa shape index (κ3) is 3.38. The first-order chi connectivity index (χ1) is 7.04. The minimum absolute atomic E-state index is 0.127. The molecule has 0 aromatic heterocycles. The van der Waals surface area contributed by atoms with Gasteiger partial charge >= 0.3 is 5.97 Å². The number of hydrogen-bond acceptors (Lipinski definition) is 3. The van der Waals surface area contributed by atoms with Gasteiger partial charge in [0.1, 0.15) is 0 Å². The van der Waals surface area contributed by atoms with Gasteiger partial charge in [0.2, 0.25) is 0 Å². The lowest BCUT2D eigenvalue weighted by molar-refractivity contribution is -0.142. The van der Waals surface area contributed by atoms with E-state index in [0.29, 0.717) is 15.6 Å². The van der Waals surface area contributed by atoms with Gasteiger partial charge in [0, 0.05) is 10.0 Å². The van der Waals surface area contributed by atoms with Crippen LogP contribution in [0.15, 0.2) is 18.2 Å². The normalized spacial score (nSPS) is 12.3. The number of hydrogen-bond donors (Lipinski definition) is 1. The summed E-state index contributed by atoms with van der Waals surface area (Å²) in [5.74, 6) is -0.492. The molecule has 0 saturated carbocycles. The number of aliphatic hydroxyl groups excluding tert-OH is 1. The molecule has 5 heteroatoms. The van der Waals surface area contributed by atoms with E-state index in [2.05, 4.69) is 4.74 Å². The Balaban J connectivity index is 2.82. The van der Waals surface area contributed by atoms with E-state index in [-0.39, 0.29) is 6.42 Å². The van der Waals surface area contributed by atoms with Crippen molar-refractivity contribution >= 4 is 29.2 Å². The van der Waals surface area contributed by atoms with E-state index in [1.54, 1.807) is 12.1 Å². The van der Waals surface area contributed by atoms with Crippen molar-refractivity contribution in [2.75, 3.05) is 7.11 Å². The van der Waals surface area contributed by atoms with Gasteiger partial charge < -0.3 is 9.84 Å². The molecule has 0 fully saturated rings. The monoisotopic (exact) mass is 248 g/mol. The summed E-state index contributed by atoms with van der Waals surface area (Å²) >= 11 is 11.6. The number of esters is 1. The van der Waals surface area contributed by atoms with Gasteiger partial charge in [-0.1, -0.05) is 29.3 Å². The molecule has 3 nitrogen and oxygen atoms in total. The van der Waals surface area contributed by atoms with E-state index in [1.165, 1.54) is 13.2 Å². The van der Waals surface area contributed by atoms with Crippen LogP contribution in [0.25, 0.3) is 0 Å². The number of carbonyl (C=O) groups is 1. The minimum atomic E-state index is -0.970. The molecule has 0 saturated heterocycles. The van der Waals surface area contributed by atoms with Gasteiger partial charge in [-0.2, -0.15) is 0 Å². The molecule has 1 rings (SSSR count). The highest BCUT2D eigenvalue weighted by Gasteiger charge is 2.16. The van der Waals surface area contributed by atoms with Crippen LogP contribution in [0.2, 0.25) is 10.0 Å². The topological polar surface area (TPSA) is 46.5 Å². The number of halogens is 2. The Kier molecular flexibility index (Phi) is 4.39. The summed E-state index contributed by atoms with van der Waals surface area (Å²) < 4.78 is 4.44. The fraction of sp³-hybridized carbons (Fsp3) is 0.300. The van der Waals surface area contributed by atoms with Crippen LogP contribution >= 0.6 is 23.2 Å². The Labute approximate surface area is 97.6 Å². The average molecular weight is 249 g/mol. The van der Waals surface area contributed by atoms with Gasteiger partial charge in [-0.05, 0) is 17.7 Å². The van der Waals surface area contributed by atoms with E-state index in [9.17, 15) is 9.90 Å². The van der Waals surface area contributed by atoms with Crippen LogP contribution in [0.1, 0.15) is 18.1 Å². The Morgan fingerprint density at radius 2 is 2.20 bits per heavy atom. The van der Waals surface area contributed by atoms with Crippen LogP contribution in [-0.2, 0) is 9.53 Å². The second-order valence-electron chi connectivity index (χ2n) is 2.96. The maximum Gasteiger partial charge on any atom is 0.308 e. The predicted molar refractivity (Wildman–Crippen MR) is 58.1 cm³/mol. The molecule has 0 heterocycles. The highest BCUT2D eigenvalue weighted by Crippen LogP contribution is 2.28. The molecule has 0 radical (unpaired) electrons. The van der Waals surface area contributed by atoms with E-state index in [4.69, 9.17) is 23.2 Å². The quantitative estimate of drug-likeness (QED) is 0.837. The molecule has 1 unspecified atom stereocenters. The molecule has 1 aromatic carbocycles. The smallest absolute Gasteiger partial charge is 0.308 e. The Bertz CT molecular complexity index is 366. The highest BCUT2D eigenvalue weighted by molar-refractivity contribution is 6.35. The van der Waals surface area contributed by atoms with E-state index < -0.39 is 12.1 Å². The first-order valence-corrected chi connectivity index (χ1v) is 5.00. The zero-order chi connectivity index (χ0) is 11.4. The average Bonchev–Trinajstić information content (AvgIpc) is 2.17. The lowest BCUT2D eigenvalue weighted by Gasteiger charge is -2.11. The predicted octanol–water partition coefficient (Wildman–Crippen LogP) is 2.59. The number of aliphatic hydroxyl groups is 1. The zero-order valence-electron chi connectivity index (χ0n) is 8.04. The van der Waals surface area contributed by atoms with Gasteiger partial charge in [-0.25, -0.2) is 0 Å². The Morgan fingerprint density at radius 3 is 2.73 bits per heavy atom. The van der Waals surface area contributed by atoms with Crippen molar-refractivity contribution in [2.24, 2.45) is 0 Å². The van der Waals surface area contributed by atoms with Gasteiger partial charge in [0.15, 0.2) is 0 Å². The number of ether oxygens (including phenoxy) is 1. The number of benzene rings is 1. The van der Waals surface area contributed by atoms with Crippen LogP contribution in [0.5, 0.6) is 0 Å². The molecule has 1 atom stereocenters. The lowest BCUT2D eigenvalue weighted by atomic mass is 10.1. The third-order valence-electron chi connectivity index (χ3n) is 1.91. The molecule has 0 spiro atoms. The number of carbonyl (C=O) groups excluding carboxylic acids is 1. The highest BCUT2D eigenvalue weighted by atomic mass is 35.5. The molecule has 0 bridgehead atoms. The number of methoxy groups -OCH3 is 1. The maximum absolute atomic E-state index is 10.9. The third-order valence-corrected chi connectivity index (χ3v) is 2.47. The van der Waals surface area contributed by atoms with Crippen LogP contribution in [0.4, 0.5) is 0 Å². The second-order valence-corrected chi connectivity index (χ2v) is 3.81. The summed E-state index contributed by atoms with van der Waals surface area (Å²) in [4.78, 5) is 10.9. The largest absolute Gasteiger partial charge is 0.469 e. The molecule has 82 valence electrons. The fourth-order valence-corrected chi connectivity index (χ4v) is 1.66. The lowest BCUT2D eigenvalue weighted by Crippen LogP contribution is -2.08. The van der Waals surface area contributed by atoms with Crippen molar-refractivity contribution in [2.45, 2.75) is 12.5 Å². The molecule has 0 aliphatic rings. The van der Waals surface area contributed by atoms with Crippen LogP contribution < -0.4 is 0 Å². The van der Waals surface area contributed by atoms with Crippen molar-refractivity contribution in [3.8, 4) is 0 Å². The number of rotatable bonds is 3. The van der Waals surface area contributed by atoms with Gasteiger partial charge in [-0.15, -0.1) is 0 Å². The van der Waals surface area contributed by atoms with Crippen molar-refractivity contribution in [3.05, 3.63) is 33.8 Å². The second kappa shape index (κ2) is 5.35. The Hall–Kier alpha value is -0.770. The van der Waals surface area contributed by atoms with Crippen molar-refractivity contribution in [1.29, 1.82) is 0 Å². The standard InChI is InChI=1S/C10H10Cl2O3/c1-15-10(14)5-9(13)7-3-2-6(11)4-8(7)12/h2-4,9,13H,5H2,1H3. The SMILES string of the molecule is COC(=O)CC(O)c1ccc(Cl)cc1Cl. The summed E-state index contributed by atoms with van der Waals surface area (Å²) in [6.07, 6.45) is -1.10. The van der Waals surface area contributed by atoms with E-state index in [0.717, 1.165) is 0 Å². The Morgan fingerprint density at radius 1 is 1.53 bits per heavy atom. The van der Waals surface area contributed by atoms with Crippen LogP contribution in [0, 0.1) is 0 Å². The molecule has 0 amide bonds. The van der Waals surface area contributed by atoms with Crippen molar-refractivity contribution < 1.29 is 14.6 Å². The summed E-state index contributed by atoms with van der Waals surface area (Å²) in [6.45, 7) is 0. The van der Waals surface area contributed by atoms with Crippen LogP contribution in [0.3, 0.4) is 0 Å². The van der Waals surface area contributed by atoms with Crippen LogP contribution in [-0.4, -0.2) is 18.2 Å². The van der Waals surface area contributed by atoms with Crippen molar-refractivity contribution in [1.82, 2.24) is 0 Å². The summed E-state index contributed by atoms with van der Waals surface area (Å²) in [7, 11) is 1.26. The maximum atomic E-state index is 10.9. The molecule has 15 heavy (non-hydrogen) atoms. The van der Waals surface area contributed by atoms with Gasteiger partial charge in [-0.3, -0.25) is 4.79 Å². The molecule has 1 aromatic rings. The zero-order valence-corrected chi connectivity index (χ0v) is 9.55. The summed E-state index contributed by atoms with van der Waals surface area (Å²) in [6, 6.07) is 4.69. The van der Waals surface area contributed by atoms with E-state index >= 15 is 0 Å². The summed E-state index contributed by atoms with van der Waals surface area (Å²) in [5, 5.41) is 10.5. The molecular weight excluding hydrogens is 239 g/mol. The fourth-order valence-electron chi connectivity index (χ4n) is 1.12. The molecule has 1 N–H and O–H groups in total. The summed E-state index contributed by atoms with van der Waals surface area (Å²) in [5.41, 5.74) is 0.464. The van der Waals surface area contributed by atoms with Gasteiger partial charge in [0.05, 0.1) is 19.6 Å². The van der Waals surface area contributed by atoms with Crippen molar-refractivity contribution in [3.63, 3.8) is 0 Å².